The van der Waals surface area contributed by atoms with Crippen molar-refractivity contribution in [2.24, 2.45) is 15.2 Å². The molecule has 3 aromatic rings. The Bertz CT molecular complexity index is 1560. The lowest BCUT2D eigenvalue weighted by Crippen LogP contribution is -2.41. The molecule has 9 nitrogen and oxygen atoms in total. The number of rotatable bonds is 9. The average Bonchev–Trinajstić information content (AvgIpc) is 3.34. The van der Waals surface area contributed by atoms with Crippen LogP contribution >= 0.6 is 11.6 Å². The van der Waals surface area contributed by atoms with Crippen LogP contribution in [-0.2, 0) is 20.0 Å². The van der Waals surface area contributed by atoms with E-state index in [2.05, 4.69) is 9.71 Å². The summed E-state index contributed by atoms with van der Waals surface area (Å²) in [4.78, 5) is 4.43. The summed E-state index contributed by atoms with van der Waals surface area (Å²) in [5, 5.41) is 11.6. The third-order valence-corrected chi connectivity index (χ3v) is 8.40. The van der Waals surface area contributed by atoms with Gasteiger partial charge in [-0.15, -0.1) is 0 Å². The number of unbranched alkanes of at least 4 members (excludes halogenated alkanes) is 1. The lowest BCUT2D eigenvalue weighted by Gasteiger charge is -2.20. The maximum absolute atomic E-state index is 13.6. The highest BCUT2D eigenvalue weighted by Crippen LogP contribution is 2.29. The van der Waals surface area contributed by atoms with Gasteiger partial charge in [0.2, 0.25) is 16.0 Å². The first-order valence-electron chi connectivity index (χ1n) is 12.0. The van der Waals surface area contributed by atoms with Crippen molar-refractivity contribution >= 4 is 43.3 Å². The lowest BCUT2D eigenvalue weighted by atomic mass is 9.91. The quantitative estimate of drug-likeness (QED) is 0.222. The number of nitrogens with two attached hydrogens (primary N) is 1. The standard InChI is InChI=1S/C26H27ClFN5O4S2/c27-21-10-14-23(15-11-21)39(36,37)32-26(30-16-4-5-17-38(29,34)35)33-18-24(19-6-2-1-3-7-19)25(31-33)20-8-12-22(28)13-9-20/h1-3,6-15,24H,4-5,16-18H2,(H,30,32)(H2,29,34,35)/t24-/m1/s1. The molecule has 39 heavy (non-hydrogen) atoms. The molecule has 13 heteroatoms. The van der Waals surface area contributed by atoms with Crippen molar-refractivity contribution in [2.75, 3.05) is 18.8 Å². The molecule has 0 unspecified atom stereocenters. The number of guanidine groups is 1. The molecule has 206 valence electrons. The first-order chi connectivity index (χ1) is 18.5. The Hall–Kier alpha value is -3.32. The number of halogens is 2. The lowest BCUT2D eigenvalue weighted by molar-refractivity contribution is 0.460. The van der Waals surface area contributed by atoms with Crippen LogP contribution in [0.2, 0.25) is 5.02 Å². The van der Waals surface area contributed by atoms with Gasteiger partial charge in [0.1, 0.15) is 5.82 Å². The van der Waals surface area contributed by atoms with Gasteiger partial charge in [-0.2, -0.15) is 5.10 Å². The highest BCUT2D eigenvalue weighted by molar-refractivity contribution is 7.90. The van der Waals surface area contributed by atoms with E-state index in [1.165, 1.54) is 41.4 Å². The number of nitrogens with zero attached hydrogens (tertiary/aromatic N) is 3. The summed E-state index contributed by atoms with van der Waals surface area (Å²) in [6.45, 7) is 0.387. The Morgan fingerprint density at radius 3 is 2.31 bits per heavy atom. The van der Waals surface area contributed by atoms with Crippen molar-refractivity contribution in [3.8, 4) is 0 Å². The van der Waals surface area contributed by atoms with Gasteiger partial charge in [0.05, 0.1) is 22.9 Å². The van der Waals surface area contributed by atoms with E-state index in [4.69, 9.17) is 21.8 Å². The molecule has 0 saturated carbocycles. The molecule has 1 aliphatic rings. The fraction of sp³-hybridized carbons (Fsp3) is 0.231. The summed E-state index contributed by atoms with van der Waals surface area (Å²) in [5.41, 5.74) is 2.24. The molecule has 1 aliphatic heterocycles. The number of hydrogen-bond donors (Lipinski definition) is 2. The molecule has 0 amide bonds. The number of hydrazone groups is 1. The van der Waals surface area contributed by atoms with E-state index in [9.17, 15) is 21.2 Å². The molecule has 0 saturated heterocycles. The fourth-order valence-corrected chi connectivity index (χ4v) is 5.78. The summed E-state index contributed by atoms with van der Waals surface area (Å²) in [7, 11) is -7.68. The van der Waals surface area contributed by atoms with E-state index < -0.39 is 20.0 Å². The number of benzene rings is 3. The second-order valence-electron chi connectivity index (χ2n) is 8.88. The van der Waals surface area contributed by atoms with Crippen molar-refractivity contribution in [3.63, 3.8) is 0 Å². The van der Waals surface area contributed by atoms with Crippen LogP contribution in [0.25, 0.3) is 0 Å². The zero-order valence-corrected chi connectivity index (χ0v) is 23.1. The van der Waals surface area contributed by atoms with Gasteiger partial charge in [0, 0.05) is 17.5 Å². The highest BCUT2D eigenvalue weighted by Gasteiger charge is 2.33. The van der Waals surface area contributed by atoms with Crippen LogP contribution in [0.5, 0.6) is 0 Å². The van der Waals surface area contributed by atoms with Gasteiger partial charge < -0.3 is 0 Å². The molecule has 4 rings (SSSR count). The van der Waals surface area contributed by atoms with Gasteiger partial charge in [0.25, 0.3) is 10.0 Å². The third kappa shape index (κ3) is 7.85. The molecule has 0 aliphatic carbocycles. The molecule has 1 heterocycles. The van der Waals surface area contributed by atoms with Crippen molar-refractivity contribution in [3.05, 3.63) is 101 Å². The van der Waals surface area contributed by atoms with Crippen LogP contribution in [0.1, 0.15) is 29.9 Å². The molecular weight excluding hydrogens is 565 g/mol. The van der Waals surface area contributed by atoms with Gasteiger partial charge in [-0.05, 0) is 60.4 Å². The third-order valence-electron chi connectivity index (χ3n) is 5.95. The number of primary sulfonamides is 1. The predicted molar refractivity (Wildman–Crippen MR) is 150 cm³/mol. The second kappa shape index (κ2) is 12.2. The van der Waals surface area contributed by atoms with Crippen LogP contribution in [0, 0.1) is 5.82 Å². The Labute approximate surface area is 232 Å². The molecule has 3 N–H and O–H groups in total. The van der Waals surface area contributed by atoms with Gasteiger partial charge >= 0.3 is 0 Å². The van der Waals surface area contributed by atoms with Gasteiger partial charge in [0.15, 0.2) is 0 Å². The van der Waals surface area contributed by atoms with E-state index in [0.717, 1.165) is 5.56 Å². The average molecular weight is 592 g/mol. The Morgan fingerprint density at radius 1 is 1.00 bits per heavy atom. The normalized spacial score (nSPS) is 16.3. The van der Waals surface area contributed by atoms with E-state index in [-0.39, 0.29) is 47.9 Å². The van der Waals surface area contributed by atoms with Gasteiger partial charge in [-0.25, -0.2) is 36.1 Å². The summed E-state index contributed by atoms with van der Waals surface area (Å²) in [6, 6.07) is 21.1. The first-order valence-corrected chi connectivity index (χ1v) is 15.6. The molecule has 0 radical (unpaired) electrons. The Balaban J connectivity index is 1.68. The molecule has 1 atom stereocenters. The Morgan fingerprint density at radius 2 is 1.67 bits per heavy atom. The van der Waals surface area contributed by atoms with E-state index in [0.29, 0.717) is 22.7 Å². The summed E-state index contributed by atoms with van der Waals surface area (Å²) < 4.78 is 65.1. The summed E-state index contributed by atoms with van der Waals surface area (Å²) >= 11 is 5.92. The summed E-state index contributed by atoms with van der Waals surface area (Å²) in [6.07, 6.45) is 0.614. The van der Waals surface area contributed by atoms with Crippen molar-refractivity contribution in [1.29, 1.82) is 0 Å². The topological polar surface area (TPSA) is 134 Å². The van der Waals surface area contributed by atoms with Crippen LogP contribution in [0.3, 0.4) is 0 Å². The Kier molecular flexibility index (Phi) is 9.01. The summed E-state index contributed by atoms with van der Waals surface area (Å²) in [5.74, 6) is -0.882. The monoisotopic (exact) mass is 591 g/mol. The zero-order chi connectivity index (χ0) is 28.0. The number of hydrogen-bond acceptors (Lipinski definition) is 6. The molecule has 0 bridgehead atoms. The molecule has 0 spiro atoms. The fourth-order valence-electron chi connectivity index (χ4n) is 4.02. The van der Waals surface area contributed by atoms with E-state index >= 15 is 0 Å². The van der Waals surface area contributed by atoms with Crippen LogP contribution < -0.4 is 9.86 Å². The van der Waals surface area contributed by atoms with Crippen LogP contribution in [0.15, 0.2) is 93.9 Å². The highest BCUT2D eigenvalue weighted by atomic mass is 35.5. The van der Waals surface area contributed by atoms with Crippen LogP contribution in [-0.4, -0.2) is 52.4 Å². The first kappa shape index (κ1) is 28.7. The number of nitrogens with one attached hydrogen (secondary N) is 1. The SMILES string of the molecule is NS(=O)(=O)CCCCN=C(NS(=O)(=O)c1ccc(Cl)cc1)N1C[C@H](c2ccccc2)C(c2ccc(F)cc2)=N1. The van der Waals surface area contributed by atoms with Crippen LogP contribution in [0.4, 0.5) is 4.39 Å². The minimum Gasteiger partial charge on any atom is -0.251 e. The van der Waals surface area contributed by atoms with Gasteiger partial charge in [-0.3, -0.25) is 4.99 Å². The molecular formula is C26H27ClFN5O4S2. The van der Waals surface area contributed by atoms with Crippen molar-refractivity contribution in [2.45, 2.75) is 23.7 Å². The number of aliphatic imine (C=N–C) groups is 1. The molecule has 0 fully saturated rings. The van der Waals surface area contributed by atoms with Crippen molar-refractivity contribution in [1.82, 2.24) is 9.73 Å². The van der Waals surface area contributed by atoms with E-state index in [1.807, 2.05) is 30.3 Å². The minimum atomic E-state index is -4.07. The number of sulfonamides is 2. The molecule has 3 aromatic carbocycles. The predicted octanol–water partition coefficient (Wildman–Crippen LogP) is 3.69. The van der Waals surface area contributed by atoms with Crippen molar-refractivity contribution < 1.29 is 21.2 Å². The second-order valence-corrected chi connectivity index (χ2v) is 12.7. The molecule has 0 aromatic heterocycles. The maximum atomic E-state index is 13.6. The zero-order valence-electron chi connectivity index (χ0n) is 20.7. The van der Waals surface area contributed by atoms with Gasteiger partial charge in [-0.1, -0.05) is 54.1 Å². The smallest absolute Gasteiger partial charge is 0.251 e. The minimum absolute atomic E-state index is 0.0182. The van der Waals surface area contributed by atoms with E-state index in [1.54, 1.807) is 12.1 Å². The maximum Gasteiger partial charge on any atom is 0.264 e. The largest absolute Gasteiger partial charge is 0.264 e.